The average molecular weight is 230 g/mol. The predicted molar refractivity (Wildman–Crippen MR) is 65.3 cm³/mol. The molecule has 0 aliphatic carbocycles. The number of hydrogen-bond acceptors (Lipinski definition) is 2. The number of halogens is 1. The molecule has 0 amide bonds. The van der Waals surface area contributed by atoms with E-state index in [-0.39, 0.29) is 0 Å². The fraction of sp³-hybridized carbons (Fsp3) is 0.455. The van der Waals surface area contributed by atoms with Crippen LogP contribution in [0.1, 0.15) is 13.3 Å². The molecule has 0 saturated heterocycles. The second-order valence-corrected chi connectivity index (χ2v) is 4.60. The van der Waals surface area contributed by atoms with Crippen LogP contribution in [0, 0.1) is 0 Å². The first-order valence-corrected chi connectivity index (χ1v) is 6.18. The second kappa shape index (κ2) is 6.33. The number of hydrogen-bond donors (Lipinski definition) is 1. The Morgan fingerprint density at radius 2 is 2.14 bits per heavy atom. The summed E-state index contributed by atoms with van der Waals surface area (Å²) in [5, 5.41) is 4.13. The monoisotopic (exact) mass is 229 g/mol. The quantitative estimate of drug-likeness (QED) is 0.777. The number of rotatable bonds is 5. The number of thioether (sulfide) groups is 1. The van der Waals surface area contributed by atoms with Gasteiger partial charge in [-0.15, -0.1) is 11.8 Å². The van der Waals surface area contributed by atoms with Crippen LogP contribution < -0.4 is 5.32 Å². The van der Waals surface area contributed by atoms with E-state index in [1.807, 2.05) is 37.0 Å². The highest BCUT2D eigenvalue weighted by Gasteiger charge is 2.05. The van der Waals surface area contributed by atoms with Crippen molar-refractivity contribution in [3.8, 4) is 0 Å². The number of nitrogens with one attached hydrogen (secondary N) is 1. The van der Waals surface area contributed by atoms with Crippen LogP contribution in [0.4, 0.5) is 0 Å². The fourth-order valence-electron chi connectivity index (χ4n) is 1.16. The lowest BCUT2D eigenvalue weighted by molar-refractivity contribution is 0.602. The molecule has 14 heavy (non-hydrogen) atoms. The van der Waals surface area contributed by atoms with Gasteiger partial charge in [0, 0.05) is 16.7 Å². The van der Waals surface area contributed by atoms with Crippen LogP contribution in [-0.2, 0) is 0 Å². The SMILES string of the molecule is CCC(CSc1ccccc1Cl)NC. The first-order valence-electron chi connectivity index (χ1n) is 4.82. The van der Waals surface area contributed by atoms with Crippen molar-refractivity contribution in [3.05, 3.63) is 29.3 Å². The van der Waals surface area contributed by atoms with Crippen LogP contribution in [0.25, 0.3) is 0 Å². The van der Waals surface area contributed by atoms with Crippen molar-refractivity contribution in [2.24, 2.45) is 0 Å². The van der Waals surface area contributed by atoms with Crippen molar-refractivity contribution in [1.29, 1.82) is 0 Å². The van der Waals surface area contributed by atoms with Gasteiger partial charge in [0.05, 0.1) is 5.02 Å². The van der Waals surface area contributed by atoms with Crippen molar-refractivity contribution in [2.45, 2.75) is 24.3 Å². The normalized spacial score (nSPS) is 12.8. The molecule has 3 heteroatoms. The molecule has 0 aromatic heterocycles. The minimum atomic E-state index is 0.566. The van der Waals surface area contributed by atoms with Gasteiger partial charge >= 0.3 is 0 Å². The molecule has 1 atom stereocenters. The van der Waals surface area contributed by atoms with Gasteiger partial charge in [0.15, 0.2) is 0 Å². The molecular weight excluding hydrogens is 214 g/mol. The van der Waals surface area contributed by atoms with Gasteiger partial charge in [0.1, 0.15) is 0 Å². The predicted octanol–water partition coefficient (Wildman–Crippen LogP) is 3.43. The van der Waals surface area contributed by atoms with Crippen LogP contribution >= 0.6 is 23.4 Å². The molecule has 0 spiro atoms. The average Bonchev–Trinajstić information content (AvgIpc) is 2.22. The van der Waals surface area contributed by atoms with Gasteiger partial charge in [0.25, 0.3) is 0 Å². The van der Waals surface area contributed by atoms with Crippen molar-refractivity contribution >= 4 is 23.4 Å². The zero-order valence-electron chi connectivity index (χ0n) is 8.59. The van der Waals surface area contributed by atoms with E-state index in [1.165, 1.54) is 4.90 Å². The van der Waals surface area contributed by atoms with E-state index in [9.17, 15) is 0 Å². The smallest absolute Gasteiger partial charge is 0.0541 e. The van der Waals surface area contributed by atoms with Gasteiger partial charge < -0.3 is 5.32 Å². The summed E-state index contributed by atoms with van der Waals surface area (Å²) in [6, 6.07) is 8.55. The lowest BCUT2D eigenvalue weighted by Gasteiger charge is -2.13. The van der Waals surface area contributed by atoms with E-state index in [1.54, 1.807) is 0 Å². The van der Waals surface area contributed by atoms with Gasteiger partial charge in [-0.05, 0) is 25.6 Å². The van der Waals surface area contributed by atoms with Crippen molar-refractivity contribution < 1.29 is 0 Å². The summed E-state index contributed by atoms with van der Waals surface area (Å²) in [5.74, 6) is 1.07. The maximum atomic E-state index is 6.05. The van der Waals surface area contributed by atoms with Crippen LogP contribution in [0.2, 0.25) is 5.02 Å². The molecule has 1 N–H and O–H groups in total. The second-order valence-electron chi connectivity index (χ2n) is 3.14. The summed E-state index contributed by atoms with van der Waals surface area (Å²) in [5.41, 5.74) is 0. The molecule has 0 fully saturated rings. The lowest BCUT2D eigenvalue weighted by Crippen LogP contribution is -2.26. The molecule has 0 aliphatic rings. The summed E-state index contributed by atoms with van der Waals surface area (Å²) in [6.07, 6.45) is 1.15. The summed E-state index contributed by atoms with van der Waals surface area (Å²) >= 11 is 7.86. The first-order chi connectivity index (χ1) is 6.77. The molecular formula is C11H16ClNS. The van der Waals surface area contributed by atoms with E-state index in [2.05, 4.69) is 18.3 Å². The zero-order chi connectivity index (χ0) is 10.4. The largest absolute Gasteiger partial charge is 0.316 e. The molecule has 1 aromatic carbocycles. The minimum Gasteiger partial charge on any atom is -0.316 e. The Kier molecular flexibility index (Phi) is 5.38. The Morgan fingerprint density at radius 3 is 2.71 bits per heavy atom. The minimum absolute atomic E-state index is 0.566. The highest BCUT2D eigenvalue weighted by atomic mass is 35.5. The van der Waals surface area contributed by atoms with Crippen LogP contribution in [0.5, 0.6) is 0 Å². The third kappa shape index (κ3) is 3.52. The van der Waals surface area contributed by atoms with Crippen molar-refractivity contribution in [3.63, 3.8) is 0 Å². The van der Waals surface area contributed by atoms with Crippen molar-refractivity contribution in [1.82, 2.24) is 5.32 Å². The highest BCUT2D eigenvalue weighted by molar-refractivity contribution is 7.99. The third-order valence-corrected chi connectivity index (χ3v) is 3.86. The van der Waals surface area contributed by atoms with Crippen molar-refractivity contribution in [2.75, 3.05) is 12.8 Å². The fourth-order valence-corrected chi connectivity index (χ4v) is 2.62. The van der Waals surface area contributed by atoms with Gasteiger partial charge in [0.2, 0.25) is 0 Å². The molecule has 78 valence electrons. The van der Waals surface area contributed by atoms with Crippen LogP contribution in [0.15, 0.2) is 29.2 Å². The maximum absolute atomic E-state index is 6.05. The molecule has 0 aliphatic heterocycles. The van der Waals surface area contributed by atoms with E-state index < -0.39 is 0 Å². The summed E-state index contributed by atoms with van der Waals surface area (Å²) in [7, 11) is 2.00. The first kappa shape index (κ1) is 11.9. The van der Waals surface area contributed by atoms with Gasteiger partial charge in [-0.3, -0.25) is 0 Å². The van der Waals surface area contributed by atoms with E-state index in [0.29, 0.717) is 6.04 Å². The Bertz CT molecular complexity index is 274. The molecule has 0 saturated carbocycles. The molecule has 1 aromatic rings. The van der Waals surface area contributed by atoms with Crippen LogP contribution in [0.3, 0.4) is 0 Å². The third-order valence-electron chi connectivity index (χ3n) is 2.18. The summed E-state index contributed by atoms with van der Waals surface area (Å²) < 4.78 is 0. The topological polar surface area (TPSA) is 12.0 Å². The Hall–Kier alpha value is -0.180. The summed E-state index contributed by atoms with van der Waals surface area (Å²) in [6.45, 7) is 2.19. The standard InChI is InChI=1S/C11H16ClNS/c1-3-9(13-2)8-14-11-7-5-4-6-10(11)12/h4-7,9,13H,3,8H2,1-2H3. The van der Waals surface area contributed by atoms with E-state index in [4.69, 9.17) is 11.6 Å². The zero-order valence-corrected chi connectivity index (χ0v) is 10.2. The molecule has 0 radical (unpaired) electrons. The van der Waals surface area contributed by atoms with Gasteiger partial charge in [-0.1, -0.05) is 30.7 Å². The Morgan fingerprint density at radius 1 is 1.43 bits per heavy atom. The maximum Gasteiger partial charge on any atom is 0.0541 e. The molecule has 1 nitrogen and oxygen atoms in total. The van der Waals surface area contributed by atoms with Crippen LogP contribution in [-0.4, -0.2) is 18.8 Å². The summed E-state index contributed by atoms with van der Waals surface area (Å²) in [4.78, 5) is 1.17. The number of benzene rings is 1. The molecule has 0 bridgehead atoms. The van der Waals surface area contributed by atoms with E-state index in [0.717, 1.165) is 17.2 Å². The molecule has 1 rings (SSSR count). The lowest BCUT2D eigenvalue weighted by atomic mass is 10.3. The molecule has 0 heterocycles. The Balaban J connectivity index is 2.49. The van der Waals surface area contributed by atoms with Gasteiger partial charge in [-0.2, -0.15) is 0 Å². The molecule has 1 unspecified atom stereocenters. The van der Waals surface area contributed by atoms with Gasteiger partial charge in [-0.25, -0.2) is 0 Å². The highest BCUT2D eigenvalue weighted by Crippen LogP contribution is 2.27. The Labute approximate surface area is 95.2 Å². The van der Waals surface area contributed by atoms with E-state index >= 15 is 0 Å².